The zero-order chi connectivity index (χ0) is 5.91. The number of halogens is 1. The molecule has 0 saturated carbocycles. The van der Waals surface area contributed by atoms with Crippen LogP contribution in [0.1, 0.15) is 0 Å². The standard InChI is InChI=1S/C5H9ISi/c1-4-7(2,3)5-6/h1H,5H2,2-3H3. The van der Waals surface area contributed by atoms with Gasteiger partial charge in [0, 0.05) is 4.05 Å². The Balaban J connectivity index is 3.66. The van der Waals surface area contributed by atoms with E-state index in [-0.39, 0.29) is 0 Å². The highest BCUT2D eigenvalue weighted by molar-refractivity contribution is 14.1. The summed E-state index contributed by atoms with van der Waals surface area (Å²) in [4.78, 5) is 0. The second kappa shape index (κ2) is 2.73. The van der Waals surface area contributed by atoms with E-state index in [0.29, 0.717) is 0 Å². The Hall–Kier alpha value is 0.507. The van der Waals surface area contributed by atoms with Crippen molar-refractivity contribution in [2.24, 2.45) is 0 Å². The lowest BCUT2D eigenvalue weighted by atomic mass is 11.4. The molecule has 7 heavy (non-hydrogen) atoms. The van der Waals surface area contributed by atoms with Gasteiger partial charge in [0.15, 0.2) is 0 Å². The van der Waals surface area contributed by atoms with E-state index in [4.69, 9.17) is 6.42 Å². The highest BCUT2D eigenvalue weighted by Gasteiger charge is 2.13. The minimum Gasteiger partial charge on any atom is -0.134 e. The molecule has 0 aliphatic carbocycles. The van der Waals surface area contributed by atoms with Crippen LogP contribution < -0.4 is 0 Å². The molecule has 0 radical (unpaired) electrons. The van der Waals surface area contributed by atoms with Gasteiger partial charge in [0.2, 0.25) is 0 Å². The molecule has 0 N–H and O–H groups in total. The summed E-state index contributed by atoms with van der Waals surface area (Å²) in [6.07, 6.45) is 5.22. The molecule has 0 unspecified atom stereocenters. The smallest absolute Gasteiger partial charge is 0.134 e. The second-order valence-electron chi connectivity index (χ2n) is 2.16. The molecule has 0 saturated heterocycles. The monoisotopic (exact) mass is 224 g/mol. The first kappa shape index (κ1) is 7.51. The van der Waals surface area contributed by atoms with Gasteiger partial charge in [-0.2, -0.15) is 0 Å². The highest BCUT2D eigenvalue weighted by atomic mass is 127. The number of hydrogen-bond acceptors (Lipinski definition) is 0. The van der Waals surface area contributed by atoms with Crippen molar-refractivity contribution in [3.8, 4) is 12.0 Å². The lowest BCUT2D eigenvalue weighted by Crippen LogP contribution is -2.25. The van der Waals surface area contributed by atoms with Crippen LogP contribution in [0.25, 0.3) is 0 Å². The first-order valence-electron chi connectivity index (χ1n) is 2.16. The molecule has 0 aliphatic rings. The van der Waals surface area contributed by atoms with Crippen molar-refractivity contribution in [3.05, 3.63) is 0 Å². The maximum Gasteiger partial charge on any atom is 0.141 e. The fraction of sp³-hybridized carbons (Fsp3) is 0.600. The zero-order valence-electron chi connectivity index (χ0n) is 4.66. The van der Waals surface area contributed by atoms with Crippen LogP contribution in [0.2, 0.25) is 13.1 Å². The van der Waals surface area contributed by atoms with Crippen LogP contribution in [0.15, 0.2) is 0 Å². The number of rotatable bonds is 1. The molecule has 0 aromatic rings. The van der Waals surface area contributed by atoms with Gasteiger partial charge in [-0.05, 0) is 0 Å². The highest BCUT2D eigenvalue weighted by Crippen LogP contribution is 2.02. The van der Waals surface area contributed by atoms with E-state index in [0.717, 1.165) is 0 Å². The van der Waals surface area contributed by atoms with E-state index in [2.05, 4.69) is 41.2 Å². The first-order chi connectivity index (χ1) is 3.12. The molecule has 0 aromatic heterocycles. The maximum absolute atomic E-state index is 5.22. The molecule has 2 heteroatoms. The van der Waals surface area contributed by atoms with E-state index in [9.17, 15) is 0 Å². The third-order valence-electron chi connectivity index (χ3n) is 0.725. The maximum atomic E-state index is 5.22. The SMILES string of the molecule is C#C[Si](C)(C)CI. The van der Waals surface area contributed by atoms with Crippen molar-refractivity contribution in [2.45, 2.75) is 13.1 Å². The quantitative estimate of drug-likeness (QED) is 0.276. The van der Waals surface area contributed by atoms with Crippen molar-refractivity contribution in [1.29, 1.82) is 0 Å². The van der Waals surface area contributed by atoms with Gasteiger partial charge in [0.1, 0.15) is 8.07 Å². The summed E-state index contributed by atoms with van der Waals surface area (Å²) >= 11 is 2.35. The fourth-order valence-corrected chi connectivity index (χ4v) is 0.776. The van der Waals surface area contributed by atoms with Crippen LogP contribution in [0, 0.1) is 12.0 Å². The van der Waals surface area contributed by atoms with E-state index < -0.39 is 8.07 Å². The Morgan fingerprint density at radius 2 is 2.14 bits per heavy atom. The molecule has 0 fully saturated rings. The van der Waals surface area contributed by atoms with Crippen LogP contribution >= 0.6 is 22.6 Å². The molecule has 0 nitrogen and oxygen atoms in total. The average molecular weight is 224 g/mol. The summed E-state index contributed by atoms with van der Waals surface area (Å²) in [5.74, 6) is 0. The summed E-state index contributed by atoms with van der Waals surface area (Å²) in [6, 6.07) is 0. The van der Waals surface area contributed by atoms with Crippen LogP contribution in [0.3, 0.4) is 0 Å². The first-order valence-corrected chi connectivity index (χ1v) is 6.89. The predicted octanol–water partition coefficient (Wildman–Crippen LogP) is 1.84. The predicted molar refractivity (Wildman–Crippen MR) is 45.2 cm³/mol. The van der Waals surface area contributed by atoms with Crippen LogP contribution in [0.4, 0.5) is 0 Å². The van der Waals surface area contributed by atoms with E-state index in [1.165, 1.54) is 4.05 Å². The van der Waals surface area contributed by atoms with E-state index in [1.54, 1.807) is 0 Å². The van der Waals surface area contributed by atoms with Gasteiger partial charge in [-0.3, -0.25) is 0 Å². The van der Waals surface area contributed by atoms with Crippen molar-refractivity contribution < 1.29 is 0 Å². The Morgan fingerprint density at radius 3 is 2.14 bits per heavy atom. The van der Waals surface area contributed by atoms with Gasteiger partial charge in [-0.15, -0.1) is 12.0 Å². The largest absolute Gasteiger partial charge is 0.141 e. The molecule has 0 heterocycles. The third kappa shape index (κ3) is 3.12. The normalized spacial score (nSPS) is 10.6. The Kier molecular flexibility index (Phi) is 2.92. The van der Waals surface area contributed by atoms with Gasteiger partial charge in [-0.25, -0.2) is 0 Å². The van der Waals surface area contributed by atoms with E-state index >= 15 is 0 Å². The van der Waals surface area contributed by atoms with Crippen molar-refractivity contribution in [3.63, 3.8) is 0 Å². The molecule has 0 aromatic carbocycles. The van der Waals surface area contributed by atoms with E-state index in [1.807, 2.05) is 0 Å². The van der Waals surface area contributed by atoms with Gasteiger partial charge in [0.05, 0.1) is 0 Å². The van der Waals surface area contributed by atoms with Gasteiger partial charge in [-0.1, -0.05) is 35.7 Å². The zero-order valence-corrected chi connectivity index (χ0v) is 7.82. The van der Waals surface area contributed by atoms with Gasteiger partial charge < -0.3 is 0 Å². The van der Waals surface area contributed by atoms with Crippen molar-refractivity contribution in [1.82, 2.24) is 0 Å². The molecule has 0 rings (SSSR count). The number of terminal acetylenes is 1. The van der Waals surface area contributed by atoms with Gasteiger partial charge >= 0.3 is 0 Å². The minimum atomic E-state index is -1.14. The number of alkyl halides is 1. The lowest BCUT2D eigenvalue weighted by Gasteiger charge is -2.06. The third-order valence-corrected chi connectivity index (χ3v) is 7.90. The molecule has 0 atom stereocenters. The lowest BCUT2D eigenvalue weighted by molar-refractivity contribution is 1.81. The Morgan fingerprint density at radius 1 is 1.71 bits per heavy atom. The summed E-state index contributed by atoms with van der Waals surface area (Å²) in [7, 11) is -1.14. The average Bonchev–Trinajstić information content (AvgIpc) is 1.68. The molecule has 0 amide bonds. The van der Waals surface area contributed by atoms with Crippen LogP contribution in [-0.2, 0) is 0 Å². The van der Waals surface area contributed by atoms with Crippen LogP contribution in [-0.4, -0.2) is 12.1 Å². The molecule has 0 bridgehead atoms. The topological polar surface area (TPSA) is 0 Å². The molecule has 0 spiro atoms. The minimum absolute atomic E-state index is 1.14. The number of hydrogen-bond donors (Lipinski definition) is 0. The van der Waals surface area contributed by atoms with Crippen LogP contribution in [0.5, 0.6) is 0 Å². The summed E-state index contributed by atoms with van der Waals surface area (Å²) in [6.45, 7) is 4.39. The summed E-state index contributed by atoms with van der Waals surface area (Å²) in [5.41, 5.74) is 2.82. The molecular weight excluding hydrogens is 215 g/mol. The molecule has 40 valence electrons. The molecule has 0 aliphatic heterocycles. The second-order valence-corrected chi connectivity index (χ2v) is 8.77. The summed E-state index contributed by atoms with van der Waals surface area (Å²) < 4.78 is 1.17. The van der Waals surface area contributed by atoms with Crippen molar-refractivity contribution >= 4 is 30.7 Å². The Bertz CT molecular complexity index is 90.7. The fourth-order valence-electron chi connectivity index (χ4n) is 0.0386. The summed E-state index contributed by atoms with van der Waals surface area (Å²) in [5, 5.41) is 0. The van der Waals surface area contributed by atoms with Crippen molar-refractivity contribution in [2.75, 3.05) is 4.05 Å². The Labute approximate surface area is 59.8 Å². The van der Waals surface area contributed by atoms with Gasteiger partial charge in [0.25, 0.3) is 0 Å². The molecular formula is C5H9ISi.